The van der Waals surface area contributed by atoms with Crippen molar-refractivity contribution in [2.24, 2.45) is 0 Å². The van der Waals surface area contributed by atoms with Crippen LogP contribution in [0.1, 0.15) is 42.5 Å². The highest BCUT2D eigenvalue weighted by molar-refractivity contribution is 5.82. The molecule has 0 bridgehead atoms. The van der Waals surface area contributed by atoms with Gasteiger partial charge in [-0.25, -0.2) is 4.68 Å². The van der Waals surface area contributed by atoms with E-state index < -0.39 is 0 Å². The first-order valence-electron chi connectivity index (χ1n) is 8.73. The van der Waals surface area contributed by atoms with Gasteiger partial charge < -0.3 is 9.64 Å². The Bertz CT molecular complexity index is 777. The SMILES string of the molecule is O=C([C@H]1CCc2ccccc2O1)N1CC(n2cc(C3CC3)nn2)C1. The molecule has 1 aliphatic carbocycles. The molecule has 124 valence electrons. The summed E-state index contributed by atoms with van der Waals surface area (Å²) in [5, 5.41) is 8.48. The number of para-hydroxylation sites is 1. The summed E-state index contributed by atoms with van der Waals surface area (Å²) in [5.74, 6) is 1.57. The highest BCUT2D eigenvalue weighted by Crippen LogP contribution is 2.39. The highest BCUT2D eigenvalue weighted by Gasteiger charge is 2.38. The Morgan fingerprint density at radius 1 is 1.17 bits per heavy atom. The Kier molecular flexibility index (Phi) is 3.11. The fraction of sp³-hybridized carbons (Fsp3) is 0.500. The zero-order chi connectivity index (χ0) is 16.1. The maximum absolute atomic E-state index is 12.6. The molecule has 24 heavy (non-hydrogen) atoms. The zero-order valence-corrected chi connectivity index (χ0v) is 13.5. The molecule has 0 spiro atoms. The zero-order valence-electron chi connectivity index (χ0n) is 13.5. The molecule has 6 nitrogen and oxygen atoms in total. The Morgan fingerprint density at radius 3 is 2.83 bits per heavy atom. The van der Waals surface area contributed by atoms with Gasteiger partial charge in [0.25, 0.3) is 5.91 Å². The van der Waals surface area contributed by atoms with Crippen molar-refractivity contribution in [3.63, 3.8) is 0 Å². The first-order chi connectivity index (χ1) is 11.8. The van der Waals surface area contributed by atoms with E-state index in [0.29, 0.717) is 19.0 Å². The first-order valence-corrected chi connectivity index (χ1v) is 8.73. The number of hydrogen-bond donors (Lipinski definition) is 0. The fourth-order valence-corrected chi connectivity index (χ4v) is 3.54. The summed E-state index contributed by atoms with van der Waals surface area (Å²) in [6.07, 6.45) is 5.82. The number of likely N-dealkylation sites (tertiary alicyclic amines) is 1. The van der Waals surface area contributed by atoms with Crippen LogP contribution in [0.5, 0.6) is 5.75 Å². The van der Waals surface area contributed by atoms with Gasteiger partial charge in [0.2, 0.25) is 0 Å². The molecule has 1 saturated carbocycles. The summed E-state index contributed by atoms with van der Waals surface area (Å²) in [6, 6.07) is 8.23. The van der Waals surface area contributed by atoms with Crippen molar-refractivity contribution in [1.29, 1.82) is 0 Å². The lowest BCUT2D eigenvalue weighted by molar-refractivity contribution is -0.145. The van der Waals surface area contributed by atoms with Crippen LogP contribution in [0.15, 0.2) is 30.5 Å². The van der Waals surface area contributed by atoms with Gasteiger partial charge in [-0.1, -0.05) is 23.4 Å². The van der Waals surface area contributed by atoms with Gasteiger partial charge >= 0.3 is 0 Å². The molecule has 6 heteroatoms. The Balaban J connectivity index is 1.20. The van der Waals surface area contributed by atoms with Crippen LogP contribution in [0, 0.1) is 0 Å². The number of fused-ring (bicyclic) bond motifs is 1. The summed E-state index contributed by atoms with van der Waals surface area (Å²) in [6.45, 7) is 1.40. The summed E-state index contributed by atoms with van der Waals surface area (Å²) in [7, 11) is 0. The van der Waals surface area contributed by atoms with Crippen LogP contribution in [-0.2, 0) is 11.2 Å². The first kappa shape index (κ1) is 14.0. The van der Waals surface area contributed by atoms with Crippen LogP contribution in [0.4, 0.5) is 0 Å². The minimum atomic E-state index is -0.348. The second kappa shape index (κ2) is 5.33. The van der Waals surface area contributed by atoms with Gasteiger partial charge in [-0.3, -0.25) is 4.79 Å². The van der Waals surface area contributed by atoms with Gasteiger partial charge in [-0.05, 0) is 37.3 Å². The molecule has 0 unspecified atom stereocenters. The quantitative estimate of drug-likeness (QED) is 0.865. The van der Waals surface area contributed by atoms with Crippen molar-refractivity contribution in [2.75, 3.05) is 13.1 Å². The van der Waals surface area contributed by atoms with E-state index in [-0.39, 0.29) is 18.1 Å². The number of aromatic nitrogens is 3. The van der Waals surface area contributed by atoms with Crippen molar-refractivity contribution in [2.45, 2.75) is 43.7 Å². The number of nitrogens with zero attached hydrogens (tertiary/aromatic N) is 4. The molecule has 1 saturated heterocycles. The minimum Gasteiger partial charge on any atom is -0.480 e. The van der Waals surface area contributed by atoms with E-state index in [0.717, 1.165) is 24.3 Å². The number of ether oxygens (including phenoxy) is 1. The van der Waals surface area contributed by atoms with Gasteiger partial charge in [0, 0.05) is 25.2 Å². The van der Waals surface area contributed by atoms with Crippen molar-refractivity contribution >= 4 is 5.91 Å². The fourth-order valence-electron chi connectivity index (χ4n) is 3.54. The van der Waals surface area contributed by atoms with Crippen LogP contribution >= 0.6 is 0 Å². The van der Waals surface area contributed by atoms with Crippen molar-refractivity contribution in [3.05, 3.63) is 41.7 Å². The van der Waals surface area contributed by atoms with E-state index in [1.165, 1.54) is 18.4 Å². The molecule has 2 aromatic rings. The van der Waals surface area contributed by atoms with Crippen LogP contribution in [0.3, 0.4) is 0 Å². The standard InChI is InChI=1S/C18H20N4O2/c23-18(17-8-7-13-3-1-2-4-16(13)24-17)21-9-14(10-21)22-11-15(19-20-22)12-5-6-12/h1-4,11-12,14,17H,5-10H2/t17-/m1/s1. The largest absolute Gasteiger partial charge is 0.480 e. The Morgan fingerprint density at radius 2 is 2.00 bits per heavy atom. The van der Waals surface area contributed by atoms with Gasteiger partial charge in [0.05, 0.1) is 11.7 Å². The third-order valence-electron chi connectivity index (χ3n) is 5.26. The lowest BCUT2D eigenvalue weighted by Crippen LogP contribution is -2.55. The van der Waals surface area contributed by atoms with Crippen LogP contribution in [-0.4, -0.2) is 45.0 Å². The number of benzene rings is 1. The van der Waals surface area contributed by atoms with E-state index in [9.17, 15) is 4.79 Å². The average molecular weight is 324 g/mol. The number of hydrogen-bond acceptors (Lipinski definition) is 4. The van der Waals surface area contributed by atoms with E-state index in [1.807, 2.05) is 27.8 Å². The average Bonchev–Trinajstić information content (AvgIpc) is 3.32. The number of aryl methyl sites for hydroxylation is 1. The van der Waals surface area contributed by atoms with Crippen LogP contribution in [0.2, 0.25) is 0 Å². The van der Waals surface area contributed by atoms with Crippen molar-refractivity contribution < 1.29 is 9.53 Å². The summed E-state index contributed by atoms with van der Waals surface area (Å²) < 4.78 is 7.83. The lowest BCUT2D eigenvalue weighted by Gasteiger charge is -2.41. The molecular formula is C18H20N4O2. The molecule has 0 radical (unpaired) electrons. The van der Waals surface area contributed by atoms with Gasteiger partial charge in [0.1, 0.15) is 5.75 Å². The van der Waals surface area contributed by atoms with E-state index >= 15 is 0 Å². The van der Waals surface area contributed by atoms with E-state index in [2.05, 4.69) is 22.6 Å². The molecule has 2 fully saturated rings. The van der Waals surface area contributed by atoms with E-state index in [4.69, 9.17) is 4.74 Å². The van der Waals surface area contributed by atoms with Crippen LogP contribution in [0.25, 0.3) is 0 Å². The monoisotopic (exact) mass is 324 g/mol. The van der Waals surface area contributed by atoms with Crippen molar-refractivity contribution in [3.8, 4) is 5.75 Å². The second-order valence-electron chi connectivity index (χ2n) is 7.05. The lowest BCUT2D eigenvalue weighted by atomic mass is 10.00. The predicted octanol–water partition coefficient (Wildman–Crippen LogP) is 1.93. The third-order valence-corrected chi connectivity index (χ3v) is 5.26. The molecule has 1 amide bonds. The summed E-state index contributed by atoms with van der Waals surface area (Å²) >= 11 is 0. The summed E-state index contributed by atoms with van der Waals surface area (Å²) in [5.41, 5.74) is 2.30. The smallest absolute Gasteiger partial charge is 0.263 e. The molecule has 1 aromatic heterocycles. The molecule has 3 aliphatic rings. The molecule has 2 aliphatic heterocycles. The molecule has 1 atom stereocenters. The Hall–Kier alpha value is -2.37. The number of rotatable bonds is 3. The molecular weight excluding hydrogens is 304 g/mol. The maximum Gasteiger partial charge on any atom is 0.263 e. The van der Waals surface area contributed by atoms with E-state index in [1.54, 1.807) is 0 Å². The van der Waals surface area contributed by atoms with Crippen molar-refractivity contribution in [1.82, 2.24) is 19.9 Å². The third kappa shape index (κ3) is 2.37. The molecule has 0 N–H and O–H groups in total. The van der Waals surface area contributed by atoms with Crippen LogP contribution < -0.4 is 4.74 Å². The number of carbonyl (C=O) groups excluding carboxylic acids is 1. The second-order valence-corrected chi connectivity index (χ2v) is 7.05. The molecule has 1 aromatic carbocycles. The Labute approximate surface area is 140 Å². The highest BCUT2D eigenvalue weighted by atomic mass is 16.5. The van der Waals surface area contributed by atoms with Gasteiger partial charge in [0.15, 0.2) is 6.10 Å². The van der Waals surface area contributed by atoms with Gasteiger partial charge in [-0.2, -0.15) is 0 Å². The normalized spacial score (nSPS) is 23.3. The number of carbonyl (C=O) groups is 1. The topological polar surface area (TPSA) is 60.2 Å². The summed E-state index contributed by atoms with van der Waals surface area (Å²) in [4.78, 5) is 14.5. The van der Waals surface area contributed by atoms with Gasteiger partial charge in [-0.15, -0.1) is 5.10 Å². The molecule has 5 rings (SSSR count). The minimum absolute atomic E-state index is 0.100. The number of amides is 1. The maximum atomic E-state index is 12.6. The predicted molar refractivity (Wildman–Crippen MR) is 86.8 cm³/mol. The molecule has 3 heterocycles.